The van der Waals surface area contributed by atoms with Crippen LogP contribution in [0.1, 0.15) is 0 Å². The van der Waals surface area contributed by atoms with Gasteiger partial charge in [0.2, 0.25) is 0 Å². The highest BCUT2D eigenvalue weighted by Gasteiger charge is 2.67. The van der Waals surface area contributed by atoms with Crippen LogP contribution in [0.4, 0.5) is 68.2 Å². The number of hydrogen-bond donors (Lipinski definition) is 0. The normalized spacial score (nSPS) is 17.5. The fourth-order valence-corrected chi connectivity index (χ4v) is 26.9. The van der Waals surface area contributed by atoms with Gasteiger partial charge in [-0.15, -0.1) is 0 Å². The average molecular weight is 1080 g/mol. The maximum absolute atomic E-state index is 8.28. The lowest BCUT2D eigenvalue weighted by molar-refractivity contribution is 0.476. The highest BCUT2D eigenvalue weighted by Crippen LogP contribution is 2.62. The lowest BCUT2D eigenvalue weighted by atomic mass is 10.0. The summed E-state index contributed by atoms with van der Waals surface area (Å²) in [6, 6.07) is 104. The molecule has 19 rings (SSSR count). The molecule has 0 spiro atoms. The summed E-state index contributed by atoms with van der Waals surface area (Å²) in [5.41, 5.74) is 13.3. The number of hydrogen-bond acceptors (Lipinski definition) is 6. The molecule has 82 heavy (non-hydrogen) atoms. The maximum atomic E-state index is 8.28. The van der Waals surface area contributed by atoms with E-state index in [1.807, 2.05) is 0 Å². The predicted octanol–water partition coefficient (Wildman–Crippen LogP) is 14.1. The zero-order chi connectivity index (χ0) is 53.4. The third-order valence-electron chi connectivity index (χ3n) is 18.4. The number of nitrogens with zero attached hydrogens (tertiary/aromatic N) is 4. The second-order valence-electron chi connectivity index (χ2n) is 22.2. The van der Waals surface area contributed by atoms with Crippen molar-refractivity contribution in [3.8, 4) is 23.0 Å². The monoisotopic (exact) mass is 1080 g/mol. The van der Waals surface area contributed by atoms with Crippen LogP contribution in [0, 0.1) is 0 Å². The van der Waals surface area contributed by atoms with Gasteiger partial charge in [-0.2, -0.15) is 0 Å². The van der Waals surface area contributed by atoms with Crippen LogP contribution in [-0.2, 0) is 0 Å². The predicted molar refractivity (Wildman–Crippen MR) is 342 cm³/mol. The van der Waals surface area contributed by atoms with Crippen molar-refractivity contribution in [2.24, 2.45) is 0 Å². The lowest BCUT2D eigenvalue weighted by Gasteiger charge is -2.57. The highest BCUT2D eigenvalue weighted by molar-refractivity contribution is 7.26. The summed E-state index contributed by atoms with van der Waals surface area (Å²) in [6.07, 6.45) is 0. The van der Waals surface area contributed by atoms with Crippen LogP contribution >= 0.6 is 0 Å². The molecule has 6 aliphatic heterocycles. The Morgan fingerprint density at radius 2 is 0.561 bits per heavy atom. The van der Waals surface area contributed by atoms with Crippen LogP contribution in [0.3, 0.4) is 0 Å². The van der Waals surface area contributed by atoms with Crippen LogP contribution in [-0.4, -0.2) is 16.1 Å². The molecule has 6 aliphatic rings. The Labute approximate surface area is 475 Å². The van der Waals surface area contributed by atoms with E-state index in [0.29, 0.717) is 0 Å². The summed E-state index contributed by atoms with van der Waals surface area (Å²) in [5, 5.41) is 14.8. The molecule has 13 aromatic carbocycles. The molecule has 0 saturated carbocycles. The Morgan fingerprint density at radius 3 is 0.927 bits per heavy atom. The van der Waals surface area contributed by atoms with E-state index in [2.05, 4.69) is 299 Å². The molecule has 382 valence electrons. The second kappa shape index (κ2) is 16.1. The van der Waals surface area contributed by atoms with Gasteiger partial charge in [-0.25, -0.2) is 0 Å². The number of rotatable bonds is 6. The highest BCUT2D eigenvalue weighted by atomic mass is 28.3. The largest absolute Gasteiger partial charge is 0.455 e. The molecule has 0 saturated heterocycles. The number of fused-ring (bicyclic) bond motifs is 6. The third kappa shape index (κ3) is 5.35. The van der Waals surface area contributed by atoms with Gasteiger partial charge in [-0.1, -0.05) is 194 Å². The van der Waals surface area contributed by atoms with Crippen molar-refractivity contribution >= 4 is 147 Å². The molecule has 6 nitrogen and oxygen atoms in total. The van der Waals surface area contributed by atoms with E-state index in [1.165, 1.54) is 63.6 Å². The molecule has 8 heteroatoms. The van der Waals surface area contributed by atoms with Crippen LogP contribution < -0.4 is 70.6 Å². The van der Waals surface area contributed by atoms with Crippen molar-refractivity contribution in [3.63, 3.8) is 0 Å². The van der Waals surface area contributed by atoms with Crippen LogP contribution in [0.25, 0.3) is 21.5 Å². The van der Waals surface area contributed by atoms with Gasteiger partial charge in [0.15, 0.2) is 27.6 Å². The minimum Gasteiger partial charge on any atom is -0.455 e. The number of anilines is 12. The van der Waals surface area contributed by atoms with E-state index in [-0.39, 0.29) is 0 Å². The van der Waals surface area contributed by atoms with Crippen molar-refractivity contribution in [2.45, 2.75) is 0 Å². The molecule has 0 amide bonds. The topological polar surface area (TPSA) is 31.4 Å². The first kappa shape index (κ1) is 44.5. The Kier molecular flexibility index (Phi) is 8.75. The fraction of sp³-hybridized carbons (Fsp3) is 0. The Balaban J connectivity index is 1.10. The van der Waals surface area contributed by atoms with E-state index in [4.69, 9.17) is 9.47 Å². The smallest absolute Gasteiger partial charge is 0.198 e. The van der Waals surface area contributed by atoms with Crippen molar-refractivity contribution in [1.82, 2.24) is 0 Å². The standard InChI is InChI=1S/C74H46N4O2Si2/c1-7-27-49(28-8-1)75-57-41-23-43-61-69(57)81(53-35-15-5-16-36-53)71-59(45-47-25-19-21-39-55(47)63(71)75)77(51-31-11-3-12-32-51)65-68-74-66(67(79-61)73(65)81)78(52-33-13-4-14-34-52)60-46-48-26-20-22-40-56(48)64-72(60)82(74,54-37-17-6-18-38-54)70-58(42-24-44-62(70)80-68)76(64)50-29-9-2-10-30-50/h1-46H. The van der Waals surface area contributed by atoms with E-state index in [1.54, 1.807) is 0 Å². The molecule has 13 aromatic rings. The molecular formula is C74H46N4O2Si2. The van der Waals surface area contributed by atoms with Gasteiger partial charge in [0.25, 0.3) is 0 Å². The summed E-state index contributed by atoms with van der Waals surface area (Å²) in [7, 11) is -7.25. The second-order valence-corrected chi connectivity index (χ2v) is 29.4. The number of benzene rings is 13. The fourth-order valence-electron chi connectivity index (χ4n) is 15.6. The average Bonchev–Trinajstić information content (AvgIpc) is 2.96. The van der Waals surface area contributed by atoms with Gasteiger partial charge < -0.3 is 29.1 Å². The Morgan fingerprint density at radius 1 is 0.244 bits per heavy atom. The SMILES string of the molecule is c1ccc(N2c3cc4ccccc4c4c3[Si]3(c5ccccc5)c5c(cccc5N4c4ccccc4)Oc4c5c6c(c2c43)Oc2cccc3c2[Si]6(c2ccccc2)c2c(cc4ccccc4c2N3c2ccccc2)N5c2ccccc2)cc1. The molecule has 2 atom stereocenters. The van der Waals surface area contributed by atoms with Gasteiger partial charge in [0.1, 0.15) is 11.5 Å². The van der Waals surface area contributed by atoms with Gasteiger partial charge in [0, 0.05) is 76.0 Å². The van der Waals surface area contributed by atoms with Crippen molar-refractivity contribution in [2.75, 3.05) is 19.6 Å². The lowest BCUT2D eigenvalue weighted by Crippen LogP contribution is -2.83. The summed E-state index contributed by atoms with van der Waals surface area (Å²) < 4.78 is 16.6. The number of para-hydroxylation sites is 4. The van der Waals surface area contributed by atoms with Gasteiger partial charge in [-0.3, -0.25) is 0 Å². The molecule has 0 bridgehead atoms. The minimum absolute atomic E-state index is 0.881. The van der Waals surface area contributed by atoms with Gasteiger partial charge >= 0.3 is 0 Å². The molecule has 6 heterocycles. The van der Waals surface area contributed by atoms with E-state index < -0.39 is 16.1 Å². The summed E-state index contributed by atoms with van der Waals surface area (Å²) in [5.74, 6) is 3.53. The molecule has 0 fully saturated rings. The van der Waals surface area contributed by atoms with E-state index in [0.717, 1.165) is 90.6 Å². The van der Waals surface area contributed by atoms with Crippen molar-refractivity contribution in [1.29, 1.82) is 0 Å². The molecule has 0 aliphatic carbocycles. The minimum atomic E-state index is -3.62. The zero-order valence-corrected chi connectivity index (χ0v) is 46.2. The molecule has 0 radical (unpaired) electrons. The molecule has 0 N–H and O–H groups in total. The van der Waals surface area contributed by atoms with E-state index >= 15 is 0 Å². The Bertz CT molecular complexity index is 4590. The summed E-state index contributed by atoms with van der Waals surface area (Å²) >= 11 is 0. The molecule has 0 aromatic heterocycles. The quantitative estimate of drug-likeness (QED) is 0.154. The third-order valence-corrected chi connectivity index (χ3v) is 28.2. The van der Waals surface area contributed by atoms with Gasteiger partial charge in [0.05, 0.1) is 34.1 Å². The van der Waals surface area contributed by atoms with Crippen molar-refractivity contribution in [3.05, 3.63) is 279 Å². The first-order valence-electron chi connectivity index (χ1n) is 28.3. The van der Waals surface area contributed by atoms with Crippen molar-refractivity contribution < 1.29 is 9.47 Å². The first-order valence-corrected chi connectivity index (χ1v) is 32.3. The molecular weight excluding hydrogens is 1030 g/mol. The summed E-state index contributed by atoms with van der Waals surface area (Å²) in [6.45, 7) is 0. The van der Waals surface area contributed by atoms with Crippen LogP contribution in [0.5, 0.6) is 23.0 Å². The Hall–Kier alpha value is -10.4. The zero-order valence-electron chi connectivity index (χ0n) is 44.2. The van der Waals surface area contributed by atoms with Crippen LogP contribution in [0.2, 0.25) is 0 Å². The van der Waals surface area contributed by atoms with E-state index in [9.17, 15) is 0 Å². The molecule has 2 unspecified atom stereocenters. The maximum Gasteiger partial charge on any atom is 0.198 e. The van der Waals surface area contributed by atoms with Gasteiger partial charge in [-0.05, 0) is 106 Å². The van der Waals surface area contributed by atoms with Crippen LogP contribution in [0.15, 0.2) is 279 Å². The summed E-state index contributed by atoms with van der Waals surface area (Å²) in [4.78, 5) is 10.3. The number of ether oxygens (including phenoxy) is 2. The first-order chi connectivity index (χ1) is 40.7.